The van der Waals surface area contributed by atoms with Gasteiger partial charge in [-0.2, -0.15) is 0 Å². The van der Waals surface area contributed by atoms with E-state index in [1.165, 1.54) is 18.3 Å². The molecule has 110 valence electrons. The quantitative estimate of drug-likeness (QED) is 0.673. The van der Waals surface area contributed by atoms with Crippen LogP contribution in [0.1, 0.15) is 18.6 Å². The molecule has 0 amide bonds. The first-order valence-electron chi connectivity index (χ1n) is 5.84. The predicted molar refractivity (Wildman–Crippen MR) is 78.1 cm³/mol. The lowest BCUT2D eigenvalue weighted by molar-refractivity contribution is -0.385. The van der Waals surface area contributed by atoms with Gasteiger partial charge in [-0.1, -0.05) is 23.2 Å². The smallest absolute Gasteiger partial charge is 0.313 e. The normalized spacial score (nSPS) is 12.0. The summed E-state index contributed by atoms with van der Waals surface area (Å²) in [5.74, 6) is 0.0765. The number of nitro groups is 1. The van der Waals surface area contributed by atoms with E-state index < -0.39 is 11.0 Å². The van der Waals surface area contributed by atoms with Crippen LogP contribution in [-0.2, 0) is 0 Å². The summed E-state index contributed by atoms with van der Waals surface area (Å²) < 4.78 is 5.36. The number of aliphatic hydroxyl groups excluding tert-OH is 1. The number of nitrogens with zero attached hydrogens (tertiary/aromatic N) is 2. The van der Waals surface area contributed by atoms with Crippen molar-refractivity contribution in [2.45, 2.75) is 13.0 Å². The van der Waals surface area contributed by atoms with Crippen molar-refractivity contribution in [1.29, 1.82) is 0 Å². The van der Waals surface area contributed by atoms with Crippen LogP contribution in [-0.4, -0.2) is 15.0 Å². The largest absolute Gasteiger partial charge is 0.432 e. The van der Waals surface area contributed by atoms with Gasteiger partial charge in [0.2, 0.25) is 11.6 Å². The van der Waals surface area contributed by atoms with E-state index in [0.29, 0.717) is 5.56 Å². The number of hydrogen-bond acceptors (Lipinski definition) is 5. The number of aromatic nitrogens is 1. The van der Waals surface area contributed by atoms with Crippen molar-refractivity contribution in [2.75, 3.05) is 0 Å². The Morgan fingerprint density at radius 2 is 2.00 bits per heavy atom. The van der Waals surface area contributed by atoms with Crippen LogP contribution in [0.15, 0.2) is 30.5 Å². The van der Waals surface area contributed by atoms with Crippen molar-refractivity contribution < 1.29 is 14.8 Å². The molecular formula is C13H10Cl2N2O4. The zero-order valence-corrected chi connectivity index (χ0v) is 12.3. The van der Waals surface area contributed by atoms with Crippen LogP contribution in [0.25, 0.3) is 0 Å². The molecule has 0 bridgehead atoms. The molecule has 0 saturated heterocycles. The molecule has 0 aliphatic carbocycles. The van der Waals surface area contributed by atoms with Gasteiger partial charge in [0, 0.05) is 24.4 Å². The van der Waals surface area contributed by atoms with Crippen LogP contribution >= 0.6 is 23.2 Å². The van der Waals surface area contributed by atoms with E-state index in [0.717, 1.165) is 6.07 Å². The molecule has 2 rings (SSSR count). The highest BCUT2D eigenvalue weighted by atomic mass is 35.5. The third kappa shape index (κ3) is 3.60. The van der Waals surface area contributed by atoms with Gasteiger partial charge in [-0.05, 0) is 18.6 Å². The minimum atomic E-state index is -0.661. The molecule has 0 fully saturated rings. The third-order valence-electron chi connectivity index (χ3n) is 2.65. The van der Waals surface area contributed by atoms with Crippen LogP contribution in [0.5, 0.6) is 11.6 Å². The zero-order chi connectivity index (χ0) is 15.6. The molecule has 1 aromatic heterocycles. The van der Waals surface area contributed by atoms with Gasteiger partial charge < -0.3 is 9.84 Å². The van der Waals surface area contributed by atoms with Gasteiger partial charge in [0.05, 0.1) is 21.1 Å². The maximum absolute atomic E-state index is 11.0. The summed E-state index contributed by atoms with van der Waals surface area (Å²) >= 11 is 11.6. The van der Waals surface area contributed by atoms with Crippen LogP contribution < -0.4 is 4.74 Å². The minimum absolute atomic E-state index is 0.0631. The fourth-order valence-corrected chi connectivity index (χ4v) is 1.87. The molecule has 1 heterocycles. The number of ether oxygens (including phenoxy) is 1. The minimum Gasteiger partial charge on any atom is -0.432 e. The summed E-state index contributed by atoms with van der Waals surface area (Å²) in [6.07, 6.45) is 0.759. The summed E-state index contributed by atoms with van der Waals surface area (Å²) in [4.78, 5) is 14.3. The van der Waals surface area contributed by atoms with Gasteiger partial charge in [0.15, 0.2) is 0 Å². The van der Waals surface area contributed by atoms with Crippen molar-refractivity contribution in [3.63, 3.8) is 0 Å². The number of nitro benzene ring substituents is 1. The molecule has 21 heavy (non-hydrogen) atoms. The molecule has 1 unspecified atom stereocenters. The molecule has 1 atom stereocenters. The highest BCUT2D eigenvalue weighted by Gasteiger charge is 2.19. The van der Waals surface area contributed by atoms with Crippen LogP contribution in [0, 0.1) is 10.1 Å². The molecule has 2 aromatic rings. The number of hydrogen-bond donors (Lipinski definition) is 1. The van der Waals surface area contributed by atoms with E-state index in [-0.39, 0.29) is 27.4 Å². The second-order valence-electron chi connectivity index (χ2n) is 4.20. The van der Waals surface area contributed by atoms with E-state index in [1.54, 1.807) is 13.0 Å². The number of benzene rings is 1. The van der Waals surface area contributed by atoms with Gasteiger partial charge in [-0.3, -0.25) is 10.1 Å². The molecule has 1 aromatic carbocycles. The highest BCUT2D eigenvalue weighted by Crippen LogP contribution is 2.37. The summed E-state index contributed by atoms with van der Waals surface area (Å²) in [6, 6.07) is 5.47. The maximum Gasteiger partial charge on any atom is 0.313 e. The molecule has 6 nitrogen and oxygen atoms in total. The number of pyridine rings is 1. The van der Waals surface area contributed by atoms with Gasteiger partial charge in [0.1, 0.15) is 0 Å². The second kappa shape index (κ2) is 6.26. The summed E-state index contributed by atoms with van der Waals surface area (Å²) in [5.41, 5.74) is 0.289. The lowest BCUT2D eigenvalue weighted by atomic mass is 10.2. The molecule has 0 aliphatic heterocycles. The molecule has 0 radical (unpaired) electrons. The molecular weight excluding hydrogens is 319 g/mol. The van der Waals surface area contributed by atoms with Crippen LogP contribution in [0.2, 0.25) is 10.0 Å². The van der Waals surface area contributed by atoms with E-state index >= 15 is 0 Å². The summed E-state index contributed by atoms with van der Waals surface area (Å²) in [7, 11) is 0. The topological polar surface area (TPSA) is 85.5 Å². The van der Waals surface area contributed by atoms with E-state index in [2.05, 4.69) is 4.98 Å². The van der Waals surface area contributed by atoms with Crippen molar-refractivity contribution in [3.8, 4) is 11.6 Å². The maximum atomic E-state index is 11.0. The highest BCUT2D eigenvalue weighted by molar-refractivity contribution is 6.42. The standard InChI is InChI=1S/C13H10Cl2N2O4/c1-7(18)8-2-3-13(16-6-8)21-12-5-10(15)9(14)4-11(12)17(19)20/h2-7,18H,1H3. The molecule has 0 spiro atoms. The first kappa shape index (κ1) is 15.5. The zero-order valence-electron chi connectivity index (χ0n) is 10.8. The number of rotatable bonds is 4. The molecule has 1 N–H and O–H groups in total. The van der Waals surface area contributed by atoms with Crippen molar-refractivity contribution >= 4 is 28.9 Å². The summed E-state index contributed by atoms with van der Waals surface area (Å²) in [5, 5.41) is 20.6. The Balaban J connectivity index is 2.34. The lowest BCUT2D eigenvalue weighted by Gasteiger charge is -2.08. The number of halogens is 2. The average Bonchev–Trinajstić information content (AvgIpc) is 2.43. The molecule has 0 saturated carbocycles. The fourth-order valence-electron chi connectivity index (χ4n) is 1.55. The monoisotopic (exact) mass is 328 g/mol. The van der Waals surface area contributed by atoms with Crippen molar-refractivity contribution in [2.24, 2.45) is 0 Å². The fraction of sp³-hybridized carbons (Fsp3) is 0.154. The SMILES string of the molecule is CC(O)c1ccc(Oc2cc(Cl)c(Cl)cc2[N+](=O)[O-])nc1. The second-order valence-corrected chi connectivity index (χ2v) is 5.01. The molecule has 0 aliphatic rings. The van der Waals surface area contributed by atoms with Crippen LogP contribution in [0.3, 0.4) is 0 Å². The first-order chi connectivity index (χ1) is 9.88. The van der Waals surface area contributed by atoms with Gasteiger partial charge >= 0.3 is 5.69 Å². The Bertz CT molecular complexity index is 675. The van der Waals surface area contributed by atoms with E-state index in [9.17, 15) is 15.2 Å². The van der Waals surface area contributed by atoms with Crippen LogP contribution in [0.4, 0.5) is 5.69 Å². The average molecular weight is 329 g/mol. The van der Waals surface area contributed by atoms with E-state index in [1.807, 2.05) is 0 Å². The molecule has 8 heteroatoms. The number of aliphatic hydroxyl groups is 1. The lowest BCUT2D eigenvalue weighted by Crippen LogP contribution is -1.96. The van der Waals surface area contributed by atoms with E-state index in [4.69, 9.17) is 27.9 Å². The Morgan fingerprint density at radius 3 is 2.52 bits per heavy atom. The first-order valence-corrected chi connectivity index (χ1v) is 6.59. The Morgan fingerprint density at radius 1 is 1.33 bits per heavy atom. The Kier molecular flexibility index (Phi) is 4.62. The Labute approximate surface area is 130 Å². The van der Waals surface area contributed by atoms with Crippen molar-refractivity contribution in [1.82, 2.24) is 4.98 Å². The van der Waals surface area contributed by atoms with Gasteiger partial charge in [-0.25, -0.2) is 4.98 Å². The Hall–Kier alpha value is -1.89. The third-order valence-corrected chi connectivity index (χ3v) is 3.38. The predicted octanol–water partition coefficient (Wildman–Crippen LogP) is 4.14. The van der Waals surface area contributed by atoms with Gasteiger partial charge in [-0.15, -0.1) is 0 Å². The van der Waals surface area contributed by atoms with Crippen molar-refractivity contribution in [3.05, 3.63) is 56.2 Å². The summed E-state index contributed by atoms with van der Waals surface area (Å²) in [6.45, 7) is 1.60. The van der Waals surface area contributed by atoms with Gasteiger partial charge in [0.25, 0.3) is 0 Å².